The number of hydrogen-bond donors (Lipinski definition) is 1. The maximum absolute atomic E-state index is 13.7. The van der Waals surface area contributed by atoms with Crippen LogP contribution in [0.25, 0.3) is 4.85 Å². The molecule has 0 aromatic heterocycles. The van der Waals surface area contributed by atoms with Crippen LogP contribution in [0.5, 0.6) is 0 Å². The summed E-state index contributed by atoms with van der Waals surface area (Å²) in [6.07, 6.45) is 0.356. The van der Waals surface area contributed by atoms with Gasteiger partial charge >= 0.3 is 0 Å². The van der Waals surface area contributed by atoms with Crippen LogP contribution in [-0.4, -0.2) is 12.1 Å². The monoisotopic (exact) mass is 538 g/mol. The Morgan fingerprint density at radius 3 is 1.50 bits per heavy atom. The topological polar surface area (TPSA) is 33.5 Å². The van der Waals surface area contributed by atoms with E-state index in [0.29, 0.717) is 11.8 Å². The first kappa shape index (κ1) is 26.0. The first-order chi connectivity index (χ1) is 16.0. The number of nitrogens with zero attached hydrogens (tertiary/aromatic N) is 1. The van der Waals surface area contributed by atoms with Crippen LogP contribution in [0.3, 0.4) is 0 Å². The molecule has 0 atom stereocenters. The van der Waals surface area contributed by atoms with Gasteiger partial charge in [-0.15, -0.1) is 0 Å². The molecule has 0 spiro atoms. The van der Waals surface area contributed by atoms with Crippen molar-refractivity contribution < 1.29 is 37.5 Å². The third-order valence-electron chi connectivity index (χ3n) is 5.88. The summed E-state index contributed by atoms with van der Waals surface area (Å²) in [4.78, 5) is 17.2. The fraction of sp³-hybridized carbons (Fsp3) is 0.103. The molecule has 4 aromatic carbocycles. The molecule has 1 radical (unpaired) electrons. The molecule has 0 aliphatic heterocycles. The largest absolute Gasteiger partial charge is 0.323 e. The normalized spacial score (nSPS) is 10.6. The molecule has 3 nitrogen and oxygen atoms in total. The number of anilines is 1. The minimum atomic E-state index is -2.25. The van der Waals surface area contributed by atoms with Crippen molar-refractivity contribution >= 4 is 40.5 Å². The van der Waals surface area contributed by atoms with Crippen molar-refractivity contribution in [2.75, 3.05) is 11.5 Å². The Balaban J connectivity index is 0.00000324. The van der Waals surface area contributed by atoms with Gasteiger partial charge in [0.25, 0.3) is 5.91 Å². The first-order valence-electron chi connectivity index (χ1n) is 10.9. The van der Waals surface area contributed by atoms with E-state index in [0.717, 1.165) is 16.8 Å². The van der Waals surface area contributed by atoms with Gasteiger partial charge in [-0.3, -0.25) is 4.79 Å². The molecule has 0 aliphatic carbocycles. The van der Waals surface area contributed by atoms with Crippen LogP contribution < -0.4 is 21.2 Å². The van der Waals surface area contributed by atoms with Crippen molar-refractivity contribution in [3.8, 4) is 0 Å². The zero-order chi connectivity index (χ0) is 23.3. The summed E-state index contributed by atoms with van der Waals surface area (Å²) in [5.41, 5.74) is 3.18. The van der Waals surface area contributed by atoms with Gasteiger partial charge in [0.2, 0.25) is 0 Å². The summed E-state index contributed by atoms with van der Waals surface area (Å²) < 4.78 is 0. The molecule has 0 saturated carbocycles. The number of carbonyl (C=O) groups is 1. The van der Waals surface area contributed by atoms with E-state index >= 15 is 0 Å². The Labute approximate surface area is 227 Å². The third-order valence-corrected chi connectivity index (χ3v) is 10.2. The van der Waals surface area contributed by atoms with Crippen molar-refractivity contribution in [3.63, 3.8) is 0 Å². The zero-order valence-electron chi connectivity index (χ0n) is 19.4. The van der Waals surface area contributed by atoms with Crippen molar-refractivity contribution in [3.05, 3.63) is 126 Å². The molecule has 0 saturated heterocycles. The summed E-state index contributed by atoms with van der Waals surface area (Å²) in [6, 6.07) is 34.8. The van der Waals surface area contributed by atoms with E-state index in [1.807, 2.05) is 80.6 Å². The molecule has 0 unspecified atom stereocenters. The second-order valence-electron chi connectivity index (χ2n) is 8.09. The molecule has 34 heavy (non-hydrogen) atoms. The average Bonchev–Trinajstić information content (AvgIpc) is 2.86. The number of carbonyl (C=O) groups excluding carboxylic acids is 1. The van der Waals surface area contributed by atoms with Gasteiger partial charge in [-0.2, -0.15) is 0 Å². The Morgan fingerprint density at radius 1 is 0.765 bits per heavy atom. The minimum absolute atomic E-state index is 0. The van der Waals surface area contributed by atoms with Gasteiger partial charge in [0, 0.05) is 38.4 Å². The number of rotatable bonds is 6. The van der Waals surface area contributed by atoms with Crippen LogP contribution in [0.4, 0.5) is 11.4 Å². The van der Waals surface area contributed by atoms with Crippen molar-refractivity contribution in [1.82, 2.24) is 0 Å². The predicted octanol–water partition coefficient (Wildman–Crippen LogP) is 5.78. The van der Waals surface area contributed by atoms with Crippen LogP contribution >= 0.6 is 7.26 Å². The maximum atomic E-state index is 13.7. The first-order valence-corrected chi connectivity index (χ1v) is 12.9. The van der Waals surface area contributed by atoms with Gasteiger partial charge in [-0.25, -0.2) is 4.85 Å². The fourth-order valence-electron chi connectivity index (χ4n) is 4.37. The van der Waals surface area contributed by atoms with E-state index in [9.17, 15) is 4.79 Å². The van der Waals surface area contributed by atoms with Gasteiger partial charge in [0.05, 0.1) is 6.57 Å². The van der Waals surface area contributed by atoms with Crippen molar-refractivity contribution in [1.29, 1.82) is 0 Å². The molecular formula is C29H26N2OPY+. The Kier molecular flexibility index (Phi) is 8.93. The van der Waals surface area contributed by atoms with E-state index in [-0.39, 0.29) is 38.6 Å². The van der Waals surface area contributed by atoms with E-state index in [1.165, 1.54) is 15.9 Å². The van der Waals surface area contributed by atoms with Crippen LogP contribution in [0, 0.1) is 20.4 Å². The number of amides is 1. The number of benzene rings is 4. The summed E-state index contributed by atoms with van der Waals surface area (Å²) >= 11 is 0. The molecular weight excluding hydrogens is 512 g/mol. The summed E-state index contributed by atoms with van der Waals surface area (Å²) in [5, 5.41) is 6.71. The van der Waals surface area contributed by atoms with Gasteiger partial charge in [-0.05, 0) is 61.4 Å². The number of aryl methyl sites for hydroxylation is 2. The molecule has 4 aromatic rings. The molecule has 1 amide bonds. The van der Waals surface area contributed by atoms with Crippen LogP contribution in [0.15, 0.2) is 103 Å². The molecule has 0 bridgehead atoms. The summed E-state index contributed by atoms with van der Waals surface area (Å²) in [7, 11) is -2.25. The van der Waals surface area contributed by atoms with E-state index < -0.39 is 7.26 Å². The van der Waals surface area contributed by atoms with Gasteiger partial charge in [0.1, 0.15) is 23.2 Å². The van der Waals surface area contributed by atoms with Gasteiger partial charge < -0.3 is 5.32 Å². The second kappa shape index (κ2) is 11.7. The standard InChI is InChI=1S/C29H25N2OP.Y/c1-22-19-24(30-3)20-23(2)29(22)31-28(32)21-33(25-13-7-4-8-14-25,26-15-9-5-10-16-26)27-17-11-6-12-18-27;/h4-20H,21H2,1-2H3;/p+1. The third kappa shape index (κ3) is 5.37. The van der Waals surface area contributed by atoms with E-state index in [1.54, 1.807) is 0 Å². The fourth-order valence-corrected chi connectivity index (χ4v) is 8.36. The molecule has 165 valence electrons. The van der Waals surface area contributed by atoms with Crippen LogP contribution in [-0.2, 0) is 37.5 Å². The van der Waals surface area contributed by atoms with E-state index in [2.05, 4.69) is 46.6 Å². The van der Waals surface area contributed by atoms with Gasteiger partial charge in [-0.1, -0.05) is 66.7 Å². The Morgan fingerprint density at radius 2 is 1.15 bits per heavy atom. The van der Waals surface area contributed by atoms with E-state index in [4.69, 9.17) is 6.57 Å². The second-order valence-corrected chi connectivity index (χ2v) is 11.6. The minimum Gasteiger partial charge on any atom is -0.323 e. The molecule has 1 N–H and O–H groups in total. The maximum Gasteiger partial charge on any atom is 0.263 e. The van der Waals surface area contributed by atoms with Crippen molar-refractivity contribution in [2.24, 2.45) is 0 Å². The van der Waals surface area contributed by atoms with Crippen LogP contribution in [0.2, 0.25) is 0 Å². The molecule has 4 rings (SSSR count). The smallest absolute Gasteiger partial charge is 0.263 e. The Bertz CT molecular complexity index is 1180. The Hall–Kier alpha value is -2.63. The number of hydrogen-bond acceptors (Lipinski definition) is 1. The molecule has 5 heteroatoms. The SMILES string of the molecule is [C-]#[N+]c1cc(C)c(NC(=O)C[P+](c2ccccc2)(c2ccccc2)c2ccccc2)c(C)c1.[Y]. The van der Waals surface area contributed by atoms with Crippen LogP contribution in [0.1, 0.15) is 11.1 Å². The van der Waals surface area contributed by atoms with Crippen molar-refractivity contribution in [2.45, 2.75) is 13.8 Å². The number of nitrogens with one attached hydrogen (secondary N) is 1. The zero-order valence-corrected chi connectivity index (χ0v) is 23.1. The summed E-state index contributed by atoms with van der Waals surface area (Å²) in [6.45, 7) is 11.2. The summed E-state index contributed by atoms with van der Waals surface area (Å²) in [5.74, 6) is -0.0262. The quantitative estimate of drug-likeness (QED) is 0.245. The molecule has 0 heterocycles. The predicted molar refractivity (Wildman–Crippen MR) is 141 cm³/mol. The average molecular weight is 538 g/mol. The molecule has 0 aliphatic rings. The van der Waals surface area contributed by atoms with Gasteiger partial charge in [0.15, 0.2) is 11.8 Å². The molecule has 0 fully saturated rings.